The first-order chi connectivity index (χ1) is 12.7. The summed E-state index contributed by atoms with van der Waals surface area (Å²) >= 11 is 1.48. The van der Waals surface area contributed by atoms with Crippen LogP contribution in [0.1, 0.15) is 40.4 Å². The Balaban J connectivity index is 1.46. The van der Waals surface area contributed by atoms with Crippen LogP contribution in [0.25, 0.3) is 5.69 Å². The van der Waals surface area contributed by atoms with Gasteiger partial charge in [0.15, 0.2) is 5.13 Å². The highest BCUT2D eigenvalue weighted by atomic mass is 32.1. The predicted molar refractivity (Wildman–Crippen MR) is 98.8 cm³/mol. The number of benzene rings is 1. The van der Waals surface area contributed by atoms with Crippen LogP contribution < -0.4 is 10.6 Å². The third-order valence-electron chi connectivity index (χ3n) is 4.55. The second-order valence-electron chi connectivity index (χ2n) is 6.31. The number of nitrogens with one attached hydrogen (secondary N) is 2. The standard InChI is InChI=1S/C17H19N7OS/c1-11-8-13(2-3-15(11)24-10-19-22-23-24)16(25)21-17-20-14(9-26-17)12-4-6-18-7-5-12/h2-3,8-10,12,18H,4-7H2,1H3,(H,20,21,25). The fourth-order valence-corrected chi connectivity index (χ4v) is 3.93. The van der Waals surface area contributed by atoms with Crippen molar-refractivity contribution in [1.82, 2.24) is 30.5 Å². The van der Waals surface area contributed by atoms with Crippen molar-refractivity contribution in [3.8, 4) is 5.69 Å². The second kappa shape index (κ2) is 7.30. The summed E-state index contributed by atoms with van der Waals surface area (Å²) in [6, 6.07) is 5.43. The number of thiazole rings is 1. The molecule has 3 aromatic rings. The molecule has 2 N–H and O–H groups in total. The first-order valence-electron chi connectivity index (χ1n) is 8.52. The van der Waals surface area contributed by atoms with Gasteiger partial charge in [0.1, 0.15) is 6.33 Å². The van der Waals surface area contributed by atoms with Gasteiger partial charge in [-0.05, 0) is 67.0 Å². The van der Waals surface area contributed by atoms with Crippen molar-refractivity contribution in [1.29, 1.82) is 0 Å². The lowest BCUT2D eigenvalue weighted by Gasteiger charge is -2.20. The van der Waals surface area contributed by atoms with Crippen LogP contribution in [-0.2, 0) is 0 Å². The highest BCUT2D eigenvalue weighted by molar-refractivity contribution is 7.14. The third-order valence-corrected chi connectivity index (χ3v) is 5.33. The minimum atomic E-state index is -0.164. The molecule has 0 bridgehead atoms. The van der Waals surface area contributed by atoms with Crippen molar-refractivity contribution in [3.05, 3.63) is 46.7 Å². The summed E-state index contributed by atoms with van der Waals surface area (Å²) in [6.45, 7) is 3.97. The van der Waals surface area contributed by atoms with Crippen molar-refractivity contribution >= 4 is 22.4 Å². The van der Waals surface area contributed by atoms with Gasteiger partial charge in [-0.2, -0.15) is 0 Å². The van der Waals surface area contributed by atoms with Crippen LogP contribution in [-0.4, -0.2) is 44.2 Å². The first kappa shape index (κ1) is 16.8. The van der Waals surface area contributed by atoms with E-state index in [-0.39, 0.29) is 5.91 Å². The Labute approximate surface area is 154 Å². The van der Waals surface area contributed by atoms with Crippen LogP contribution in [0.2, 0.25) is 0 Å². The number of anilines is 1. The van der Waals surface area contributed by atoms with Crippen molar-refractivity contribution in [2.24, 2.45) is 0 Å². The van der Waals surface area contributed by atoms with Crippen LogP contribution in [0, 0.1) is 6.92 Å². The molecule has 1 fully saturated rings. The number of hydrogen-bond donors (Lipinski definition) is 2. The first-order valence-corrected chi connectivity index (χ1v) is 9.40. The largest absolute Gasteiger partial charge is 0.317 e. The van der Waals surface area contributed by atoms with Crippen LogP contribution in [0.4, 0.5) is 5.13 Å². The summed E-state index contributed by atoms with van der Waals surface area (Å²) in [4.78, 5) is 17.2. The lowest BCUT2D eigenvalue weighted by atomic mass is 9.96. The monoisotopic (exact) mass is 369 g/mol. The molecule has 0 radical (unpaired) electrons. The number of hydrogen-bond acceptors (Lipinski definition) is 7. The van der Waals surface area contributed by atoms with Crippen LogP contribution in [0.3, 0.4) is 0 Å². The zero-order valence-corrected chi connectivity index (χ0v) is 15.2. The highest BCUT2D eigenvalue weighted by Gasteiger charge is 2.19. The highest BCUT2D eigenvalue weighted by Crippen LogP contribution is 2.28. The average Bonchev–Trinajstić information content (AvgIpc) is 3.34. The Hall–Kier alpha value is -2.65. The summed E-state index contributed by atoms with van der Waals surface area (Å²) in [5, 5.41) is 20.1. The molecule has 0 aliphatic carbocycles. The molecule has 3 heterocycles. The lowest BCUT2D eigenvalue weighted by molar-refractivity contribution is 0.102. The number of amides is 1. The van der Waals surface area contributed by atoms with E-state index < -0.39 is 0 Å². The maximum Gasteiger partial charge on any atom is 0.257 e. The molecule has 1 aromatic carbocycles. The molecule has 0 unspecified atom stereocenters. The molecule has 9 heteroatoms. The van der Waals surface area contributed by atoms with Gasteiger partial charge in [0.05, 0.1) is 11.4 Å². The van der Waals surface area contributed by atoms with E-state index in [9.17, 15) is 4.79 Å². The fraction of sp³-hybridized carbons (Fsp3) is 0.353. The summed E-state index contributed by atoms with van der Waals surface area (Å²) in [5.41, 5.74) is 3.42. The molecular formula is C17H19N7OS. The van der Waals surface area contributed by atoms with Crippen molar-refractivity contribution < 1.29 is 4.79 Å². The SMILES string of the molecule is Cc1cc(C(=O)Nc2nc(C3CCNCC3)cs2)ccc1-n1cnnn1. The Kier molecular flexibility index (Phi) is 4.72. The Morgan fingerprint density at radius 2 is 2.19 bits per heavy atom. The zero-order valence-electron chi connectivity index (χ0n) is 14.3. The molecule has 0 spiro atoms. The molecule has 8 nitrogen and oxygen atoms in total. The van der Waals surface area contributed by atoms with Crippen LogP contribution in [0.5, 0.6) is 0 Å². The quantitative estimate of drug-likeness (QED) is 0.731. The minimum absolute atomic E-state index is 0.164. The molecular weight excluding hydrogens is 350 g/mol. The zero-order chi connectivity index (χ0) is 17.9. The Morgan fingerprint density at radius 3 is 2.92 bits per heavy atom. The lowest BCUT2D eigenvalue weighted by Crippen LogP contribution is -2.26. The molecule has 1 aliphatic heterocycles. The molecule has 134 valence electrons. The van der Waals surface area contributed by atoms with Gasteiger partial charge in [0.25, 0.3) is 5.91 Å². The van der Waals surface area contributed by atoms with E-state index in [1.807, 2.05) is 19.1 Å². The van der Waals surface area contributed by atoms with Gasteiger partial charge in [-0.15, -0.1) is 16.4 Å². The molecule has 1 saturated heterocycles. The number of aromatic nitrogens is 5. The smallest absolute Gasteiger partial charge is 0.257 e. The number of rotatable bonds is 4. The van der Waals surface area contributed by atoms with Crippen LogP contribution >= 0.6 is 11.3 Å². The average molecular weight is 369 g/mol. The van der Waals surface area contributed by atoms with Crippen LogP contribution in [0.15, 0.2) is 29.9 Å². The fourth-order valence-electron chi connectivity index (χ4n) is 3.14. The normalized spacial score (nSPS) is 15.1. The summed E-state index contributed by atoms with van der Waals surface area (Å²) < 4.78 is 1.57. The van der Waals surface area contributed by atoms with E-state index in [4.69, 9.17) is 0 Å². The maximum atomic E-state index is 12.5. The van der Waals surface area contributed by atoms with E-state index in [0.29, 0.717) is 16.6 Å². The van der Waals surface area contributed by atoms with Gasteiger partial charge in [-0.3, -0.25) is 10.1 Å². The van der Waals surface area contributed by atoms with E-state index in [1.165, 1.54) is 17.7 Å². The van der Waals surface area contributed by atoms with Crippen molar-refractivity contribution in [2.75, 3.05) is 18.4 Å². The van der Waals surface area contributed by atoms with E-state index in [1.54, 1.807) is 10.7 Å². The summed E-state index contributed by atoms with van der Waals surface area (Å²) in [6.07, 6.45) is 3.71. The summed E-state index contributed by atoms with van der Waals surface area (Å²) in [5.74, 6) is 0.318. The van der Waals surface area contributed by atoms with E-state index in [0.717, 1.165) is 42.9 Å². The molecule has 0 saturated carbocycles. The molecule has 26 heavy (non-hydrogen) atoms. The molecule has 1 amide bonds. The Bertz CT molecular complexity index is 900. The van der Waals surface area contributed by atoms with Gasteiger partial charge in [0.2, 0.25) is 0 Å². The third kappa shape index (κ3) is 3.49. The van der Waals surface area contributed by atoms with Gasteiger partial charge in [-0.25, -0.2) is 9.67 Å². The van der Waals surface area contributed by atoms with Gasteiger partial charge >= 0.3 is 0 Å². The Morgan fingerprint density at radius 1 is 1.35 bits per heavy atom. The van der Waals surface area contributed by atoms with E-state index >= 15 is 0 Å². The van der Waals surface area contributed by atoms with Crippen molar-refractivity contribution in [3.63, 3.8) is 0 Å². The second-order valence-corrected chi connectivity index (χ2v) is 7.17. The maximum absolute atomic E-state index is 12.5. The topological polar surface area (TPSA) is 97.6 Å². The minimum Gasteiger partial charge on any atom is -0.317 e. The van der Waals surface area contributed by atoms with Gasteiger partial charge < -0.3 is 5.32 Å². The number of tetrazole rings is 1. The number of aryl methyl sites for hydroxylation is 1. The number of carbonyl (C=O) groups is 1. The van der Waals surface area contributed by atoms with E-state index in [2.05, 4.69) is 36.5 Å². The predicted octanol–water partition coefficient (Wildman–Crippen LogP) is 2.15. The molecule has 4 rings (SSSR count). The number of piperidine rings is 1. The van der Waals surface area contributed by atoms with Gasteiger partial charge in [-0.1, -0.05) is 0 Å². The summed E-state index contributed by atoms with van der Waals surface area (Å²) in [7, 11) is 0. The molecule has 0 atom stereocenters. The number of carbonyl (C=O) groups excluding carboxylic acids is 1. The number of nitrogens with zero attached hydrogens (tertiary/aromatic N) is 5. The van der Waals surface area contributed by atoms with Gasteiger partial charge in [0, 0.05) is 16.9 Å². The van der Waals surface area contributed by atoms with Crippen molar-refractivity contribution in [2.45, 2.75) is 25.7 Å². The molecule has 2 aromatic heterocycles. The molecule has 1 aliphatic rings.